The predicted molar refractivity (Wildman–Crippen MR) is 119 cm³/mol. The van der Waals surface area contributed by atoms with Crippen molar-refractivity contribution < 1.29 is 26.7 Å². The summed E-state index contributed by atoms with van der Waals surface area (Å²) in [6.07, 6.45) is -2.04. The standard InChI is InChI=1S/C24H22F5N5O/c1-13-3-4-34-18(10-15-12-33(2)5-6-35-15)22(32-20(34)7-13)21-16(25)8-14(9-17(21)26)23-30-11-19(31-23)24(27,28)29/h3-4,7-9,11,15H,5-6,10,12H2,1-2H3,(H,30,31). The number of aromatic nitrogens is 4. The molecule has 6 nitrogen and oxygen atoms in total. The van der Waals surface area contributed by atoms with Crippen molar-refractivity contribution in [2.45, 2.75) is 25.6 Å². The third-order valence-electron chi connectivity index (χ3n) is 6.06. The highest BCUT2D eigenvalue weighted by Gasteiger charge is 2.34. The molecule has 1 atom stereocenters. The molecule has 1 aliphatic heterocycles. The van der Waals surface area contributed by atoms with Crippen molar-refractivity contribution in [2.24, 2.45) is 0 Å². The van der Waals surface area contributed by atoms with Gasteiger partial charge in [-0.3, -0.25) is 0 Å². The molecular formula is C24H22F5N5O. The summed E-state index contributed by atoms with van der Waals surface area (Å²) in [5.74, 6) is -2.19. The maximum Gasteiger partial charge on any atom is 0.434 e. The molecule has 0 saturated carbocycles. The highest BCUT2D eigenvalue weighted by molar-refractivity contribution is 5.71. The zero-order valence-electron chi connectivity index (χ0n) is 19.0. The van der Waals surface area contributed by atoms with E-state index in [0.29, 0.717) is 37.1 Å². The third-order valence-corrected chi connectivity index (χ3v) is 6.06. The molecule has 4 aromatic rings. The van der Waals surface area contributed by atoms with Gasteiger partial charge in [0, 0.05) is 37.5 Å². The normalized spacial score (nSPS) is 17.4. The summed E-state index contributed by atoms with van der Waals surface area (Å²) in [6, 6.07) is 5.61. The first-order valence-electron chi connectivity index (χ1n) is 11.0. The van der Waals surface area contributed by atoms with Crippen LogP contribution in [0.3, 0.4) is 0 Å². The molecular weight excluding hydrogens is 469 g/mol. The molecule has 0 bridgehead atoms. The quantitative estimate of drug-likeness (QED) is 0.414. The number of aromatic amines is 1. The maximum absolute atomic E-state index is 15.4. The Morgan fingerprint density at radius 3 is 2.54 bits per heavy atom. The van der Waals surface area contributed by atoms with Crippen LogP contribution in [0.25, 0.3) is 28.3 Å². The molecule has 4 heterocycles. The lowest BCUT2D eigenvalue weighted by Gasteiger charge is -2.30. The van der Waals surface area contributed by atoms with Gasteiger partial charge in [-0.15, -0.1) is 0 Å². The van der Waals surface area contributed by atoms with Gasteiger partial charge in [-0.1, -0.05) is 0 Å². The minimum Gasteiger partial charge on any atom is -0.375 e. The van der Waals surface area contributed by atoms with E-state index in [4.69, 9.17) is 4.74 Å². The first-order valence-corrected chi connectivity index (χ1v) is 11.0. The van der Waals surface area contributed by atoms with Gasteiger partial charge in [0.25, 0.3) is 0 Å². The second-order valence-electron chi connectivity index (χ2n) is 8.75. The number of nitrogens with one attached hydrogen (secondary N) is 1. The van der Waals surface area contributed by atoms with Gasteiger partial charge >= 0.3 is 6.18 Å². The van der Waals surface area contributed by atoms with Crippen LogP contribution in [0.15, 0.2) is 36.7 Å². The lowest BCUT2D eigenvalue weighted by molar-refractivity contribution is -0.140. The Morgan fingerprint density at radius 2 is 1.89 bits per heavy atom. The number of imidazole rings is 2. The zero-order valence-corrected chi connectivity index (χ0v) is 19.0. The number of ether oxygens (including phenoxy) is 1. The van der Waals surface area contributed by atoms with Gasteiger partial charge in [0.15, 0.2) is 5.69 Å². The number of fused-ring (bicyclic) bond motifs is 1. The van der Waals surface area contributed by atoms with Crippen LogP contribution in [0.1, 0.15) is 17.0 Å². The molecule has 0 aliphatic carbocycles. The molecule has 3 aromatic heterocycles. The lowest BCUT2D eigenvalue weighted by atomic mass is 10.0. The van der Waals surface area contributed by atoms with E-state index in [9.17, 15) is 13.2 Å². The van der Waals surface area contributed by atoms with Gasteiger partial charge < -0.3 is 19.0 Å². The first-order chi connectivity index (χ1) is 16.6. The summed E-state index contributed by atoms with van der Waals surface area (Å²) < 4.78 is 77.1. The number of H-pyrrole nitrogens is 1. The molecule has 1 N–H and O–H groups in total. The van der Waals surface area contributed by atoms with Crippen LogP contribution in [0, 0.1) is 18.6 Å². The van der Waals surface area contributed by atoms with Gasteiger partial charge in [-0.2, -0.15) is 13.2 Å². The van der Waals surface area contributed by atoms with Crippen LogP contribution < -0.4 is 0 Å². The summed E-state index contributed by atoms with van der Waals surface area (Å²) >= 11 is 0. The van der Waals surface area contributed by atoms with Crippen LogP contribution in [0.4, 0.5) is 22.0 Å². The van der Waals surface area contributed by atoms with Crippen LogP contribution in [-0.4, -0.2) is 57.1 Å². The van der Waals surface area contributed by atoms with Crippen molar-refractivity contribution in [2.75, 3.05) is 26.7 Å². The summed E-state index contributed by atoms with van der Waals surface area (Å²) in [5.41, 5.74) is 0.515. The number of likely N-dealkylation sites (N-methyl/N-ethyl adjacent to an activating group) is 1. The largest absolute Gasteiger partial charge is 0.434 e. The number of halogens is 5. The number of morpholine rings is 1. The second-order valence-corrected chi connectivity index (χ2v) is 8.75. The van der Waals surface area contributed by atoms with E-state index in [1.54, 1.807) is 10.6 Å². The zero-order chi connectivity index (χ0) is 24.9. The van der Waals surface area contributed by atoms with Crippen molar-refractivity contribution in [3.8, 4) is 22.6 Å². The number of rotatable bonds is 4. The molecule has 1 fully saturated rings. The Bertz CT molecular complexity index is 1370. The van der Waals surface area contributed by atoms with Crippen LogP contribution in [-0.2, 0) is 17.3 Å². The fraction of sp³-hybridized carbons (Fsp3) is 0.333. The third kappa shape index (κ3) is 4.53. The summed E-state index contributed by atoms with van der Waals surface area (Å²) in [7, 11) is 1.98. The number of aryl methyl sites for hydroxylation is 1. The van der Waals surface area contributed by atoms with Gasteiger partial charge in [0.05, 0.1) is 29.7 Å². The molecule has 0 amide bonds. The number of alkyl halides is 3. The fourth-order valence-corrected chi connectivity index (χ4v) is 4.35. The molecule has 1 unspecified atom stereocenters. The van der Waals surface area contributed by atoms with Gasteiger partial charge in [0.1, 0.15) is 23.1 Å². The Balaban J connectivity index is 1.59. The SMILES string of the molecule is Cc1ccn2c(CC3CN(C)CCO3)c(-c3c(F)cc(-c4nc(C(F)(F)F)c[nH]4)cc3F)nc2c1. The van der Waals surface area contributed by atoms with Crippen molar-refractivity contribution in [1.82, 2.24) is 24.3 Å². The topological polar surface area (TPSA) is 58.5 Å². The van der Waals surface area contributed by atoms with Gasteiger partial charge in [0.2, 0.25) is 0 Å². The number of hydrogen-bond donors (Lipinski definition) is 1. The second kappa shape index (κ2) is 8.72. The van der Waals surface area contributed by atoms with Gasteiger partial charge in [-0.05, 0) is 43.8 Å². The molecule has 1 saturated heterocycles. The van der Waals surface area contributed by atoms with E-state index in [0.717, 1.165) is 24.2 Å². The Hall–Kier alpha value is -3.31. The van der Waals surface area contributed by atoms with Crippen molar-refractivity contribution in [3.63, 3.8) is 0 Å². The van der Waals surface area contributed by atoms with E-state index in [1.807, 2.05) is 26.1 Å². The number of nitrogens with zero attached hydrogens (tertiary/aromatic N) is 4. The van der Waals surface area contributed by atoms with Crippen molar-refractivity contribution in [3.05, 3.63) is 65.2 Å². The molecule has 5 rings (SSSR count). The van der Waals surface area contributed by atoms with Crippen LogP contribution in [0.5, 0.6) is 0 Å². The monoisotopic (exact) mass is 491 g/mol. The molecule has 1 aromatic carbocycles. The smallest absolute Gasteiger partial charge is 0.375 e. The average Bonchev–Trinajstić information content (AvgIpc) is 3.39. The van der Waals surface area contributed by atoms with E-state index in [1.165, 1.54) is 0 Å². The molecule has 35 heavy (non-hydrogen) atoms. The predicted octanol–water partition coefficient (Wildman–Crippen LogP) is 4.87. The van der Waals surface area contributed by atoms with Gasteiger partial charge in [-0.25, -0.2) is 18.7 Å². The summed E-state index contributed by atoms with van der Waals surface area (Å²) in [6.45, 7) is 3.89. The van der Waals surface area contributed by atoms with E-state index >= 15 is 8.78 Å². The van der Waals surface area contributed by atoms with E-state index in [2.05, 4.69) is 19.9 Å². The van der Waals surface area contributed by atoms with E-state index in [-0.39, 0.29) is 28.7 Å². The Kier molecular flexibility index (Phi) is 5.84. The molecule has 1 aliphatic rings. The molecule has 11 heteroatoms. The number of benzene rings is 1. The minimum absolute atomic E-state index is 0.129. The summed E-state index contributed by atoms with van der Waals surface area (Å²) in [5, 5.41) is 0. The Morgan fingerprint density at radius 1 is 1.14 bits per heavy atom. The van der Waals surface area contributed by atoms with Crippen LogP contribution >= 0.6 is 0 Å². The molecule has 0 spiro atoms. The Labute approximate surface area is 197 Å². The average molecular weight is 491 g/mol. The fourth-order valence-electron chi connectivity index (χ4n) is 4.35. The van der Waals surface area contributed by atoms with E-state index < -0.39 is 23.5 Å². The summed E-state index contributed by atoms with van der Waals surface area (Å²) in [4.78, 5) is 12.4. The molecule has 0 radical (unpaired) electrons. The van der Waals surface area contributed by atoms with Crippen molar-refractivity contribution >= 4 is 5.65 Å². The highest BCUT2D eigenvalue weighted by Crippen LogP contribution is 2.35. The lowest BCUT2D eigenvalue weighted by Crippen LogP contribution is -2.41. The molecule has 184 valence electrons. The highest BCUT2D eigenvalue weighted by atomic mass is 19.4. The number of hydrogen-bond acceptors (Lipinski definition) is 4. The first kappa shape index (κ1) is 23.4. The number of pyridine rings is 1. The minimum atomic E-state index is -4.68. The van der Waals surface area contributed by atoms with Crippen LogP contribution in [0.2, 0.25) is 0 Å². The van der Waals surface area contributed by atoms with Crippen molar-refractivity contribution in [1.29, 1.82) is 0 Å². The maximum atomic E-state index is 15.4.